The molecule has 0 unspecified atom stereocenters. The molecule has 3 aromatic rings. The summed E-state index contributed by atoms with van der Waals surface area (Å²) in [5, 5.41) is 11.3. The Balaban J connectivity index is 1.85. The van der Waals surface area contributed by atoms with Gasteiger partial charge in [0, 0.05) is 17.2 Å². The fourth-order valence-electron chi connectivity index (χ4n) is 2.76. The summed E-state index contributed by atoms with van der Waals surface area (Å²) in [7, 11) is 4.70. The van der Waals surface area contributed by atoms with Crippen molar-refractivity contribution in [1.29, 1.82) is 0 Å². The molecule has 158 valence electrons. The van der Waals surface area contributed by atoms with Gasteiger partial charge in [0.05, 0.1) is 34.2 Å². The van der Waals surface area contributed by atoms with Crippen LogP contribution in [0.1, 0.15) is 12.5 Å². The van der Waals surface area contributed by atoms with Gasteiger partial charge in [-0.3, -0.25) is 0 Å². The minimum Gasteiger partial charge on any atom is -0.496 e. The van der Waals surface area contributed by atoms with Crippen LogP contribution in [0.3, 0.4) is 0 Å². The molecule has 0 radical (unpaired) electrons. The van der Waals surface area contributed by atoms with Crippen LogP contribution in [0.5, 0.6) is 23.0 Å². The van der Waals surface area contributed by atoms with Gasteiger partial charge in [-0.05, 0) is 49.5 Å². The largest absolute Gasteiger partial charge is 0.496 e. The first-order valence-corrected chi connectivity index (χ1v) is 9.51. The van der Waals surface area contributed by atoms with E-state index in [0.717, 1.165) is 11.3 Å². The van der Waals surface area contributed by atoms with Crippen molar-refractivity contribution in [2.75, 3.05) is 33.5 Å². The average Bonchev–Trinajstić information content (AvgIpc) is 3.14. The van der Waals surface area contributed by atoms with Crippen LogP contribution < -0.4 is 24.5 Å². The van der Waals surface area contributed by atoms with Gasteiger partial charge in [-0.15, -0.1) is 0 Å². The maximum absolute atomic E-state index is 5.48. The monoisotopic (exact) mass is 429 g/mol. The first-order chi connectivity index (χ1) is 14.6. The Morgan fingerprint density at radius 3 is 2.37 bits per heavy atom. The zero-order valence-electron chi connectivity index (χ0n) is 17.1. The Labute approximate surface area is 179 Å². The predicted molar refractivity (Wildman–Crippen MR) is 117 cm³/mol. The van der Waals surface area contributed by atoms with E-state index < -0.39 is 0 Å². The van der Waals surface area contributed by atoms with Gasteiger partial charge in [0.15, 0.2) is 17.3 Å². The number of benzene rings is 2. The molecule has 0 saturated heterocycles. The quantitative estimate of drug-likeness (QED) is 0.305. The van der Waals surface area contributed by atoms with Gasteiger partial charge in [0.2, 0.25) is 4.77 Å². The highest BCUT2D eigenvalue weighted by Gasteiger charge is 2.11. The predicted octanol–water partition coefficient (Wildman–Crippen LogP) is 3.61. The summed E-state index contributed by atoms with van der Waals surface area (Å²) in [5.41, 5.74) is 4.43. The van der Waals surface area contributed by atoms with Crippen LogP contribution in [0.4, 0.5) is 0 Å². The van der Waals surface area contributed by atoms with E-state index in [1.54, 1.807) is 44.4 Å². The fraction of sp³-hybridized carbons (Fsp3) is 0.250. The highest BCUT2D eigenvalue weighted by molar-refractivity contribution is 7.71. The number of hydrogen-bond donors (Lipinski definition) is 2. The third kappa shape index (κ3) is 4.54. The molecule has 0 bridgehead atoms. The molecule has 2 N–H and O–H groups in total. The van der Waals surface area contributed by atoms with Crippen molar-refractivity contribution in [2.45, 2.75) is 6.92 Å². The molecular formula is C20H23N5O4S. The third-order valence-electron chi connectivity index (χ3n) is 4.19. The maximum atomic E-state index is 5.48. The summed E-state index contributed by atoms with van der Waals surface area (Å²) < 4.78 is 23.5. The van der Waals surface area contributed by atoms with Crippen molar-refractivity contribution in [2.24, 2.45) is 5.10 Å². The van der Waals surface area contributed by atoms with Crippen molar-refractivity contribution >= 4 is 18.4 Å². The van der Waals surface area contributed by atoms with Gasteiger partial charge in [-0.1, -0.05) is 0 Å². The molecule has 0 spiro atoms. The molecular weight excluding hydrogens is 406 g/mol. The van der Waals surface area contributed by atoms with Crippen LogP contribution in [-0.2, 0) is 0 Å². The summed E-state index contributed by atoms with van der Waals surface area (Å²) in [6.07, 6.45) is 1.59. The summed E-state index contributed by atoms with van der Waals surface area (Å²) in [6.45, 7) is 2.54. The van der Waals surface area contributed by atoms with Gasteiger partial charge >= 0.3 is 0 Å². The molecule has 0 atom stereocenters. The standard InChI is InChI=1S/C20H23N5O4S/c1-5-29-15-8-6-13(7-9-15)19-22-23-20(30)25(19)24-21-12-14-10-17(27-3)18(28-4)11-16(14)26-2/h6-12,24H,5H2,1-4H3,(H,23,30)/b21-12+. The number of nitrogens with one attached hydrogen (secondary N) is 2. The molecule has 0 fully saturated rings. The zero-order valence-corrected chi connectivity index (χ0v) is 17.9. The van der Waals surface area contributed by atoms with Crippen LogP contribution >= 0.6 is 12.2 Å². The van der Waals surface area contributed by atoms with Crippen LogP contribution in [0.2, 0.25) is 0 Å². The van der Waals surface area contributed by atoms with Crippen molar-refractivity contribution in [3.05, 3.63) is 46.7 Å². The topological polar surface area (TPSA) is 94.9 Å². The number of H-pyrrole nitrogens is 1. The molecule has 3 rings (SSSR count). The van der Waals surface area contributed by atoms with Gasteiger partial charge < -0.3 is 18.9 Å². The van der Waals surface area contributed by atoms with E-state index in [1.165, 1.54) is 0 Å². The van der Waals surface area contributed by atoms with Gasteiger partial charge in [0.25, 0.3) is 0 Å². The second kappa shape index (κ2) is 9.79. The van der Waals surface area contributed by atoms with E-state index in [-0.39, 0.29) is 0 Å². The Morgan fingerprint density at radius 1 is 1.07 bits per heavy atom. The minimum atomic E-state index is 0.371. The van der Waals surface area contributed by atoms with E-state index in [4.69, 9.17) is 31.2 Å². The smallest absolute Gasteiger partial charge is 0.216 e. The molecule has 30 heavy (non-hydrogen) atoms. The normalized spacial score (nSPS) is 10.8. The highest BCUT2D eigenvalue weighted by atomic mass is 32.1. The lowest BCUT2D eigenvalue weighted by Gasteiger charge is -2.12. The van der Waals surface area contributed by atoms with Gasteiger partial charge in [-0.25, -0.2) is 10.6 Å². The molecule has 9 nitrogen and oxygen atoms in total. The van der Waals surface area contributed by atoms with E-state index in [2.05, 4.69) is 20.8 Å². The number of nitrogens with zero attached hydrogens (tertiary/aromatic N) is 3. The van der Waals surface area contributed by atoms with Crippen molar-refractivity contribution in [1.82, 2.24) is 14.9 Å². The van der Waals surface area contributed by atoms with Crippen LogP contribution in [0, 0.1) is 4.77 Å². The fourth-order valence-corrected chi connectivity index (χ4v) is 2.93. The summed E-state index contributed by atoms with van der Waals surface area (Å²) in [6, 6.07) is 11.0. The lowest BCUT2D eigenvalue weighted by Crippen LogP contribution is -2.11. The molecule has 1 aromatic heterocycles. The van der Waals surface area contributed by atoms with Crippen LogP contribution in [0.15, 0.2) is 41.5 Å². The number of aromatic nitrogens is 3. The molecule has 10 heteroatoms. The second-order valence-corrected chi connectivity index (χ2v) is 6.34. The molecule has 1 heterocycles. The van der Waals surface area contributed by atoms with Gasteiger partial charge in [-0.2, -0.15) is 14.9 Å². The van der Waals surface area contributed by atoms with E-state index >= 15 is 0 Å². The number of hydrazone groups is 1. The number of rotatable bonds is 9. The Bertz CT molecular complexity index is 1080. The van der Waals surface area contributed by atoms with Crippen molar-refractivity contribution in [3.63, 3.8) is 0 Å². The molecule has 0 aliphatic rings. The van der Waals surface area contributed by atoms with Crippen molar-refractivity contribution in [3.8, 4) is 34.4 Å². The number of hydrogen-bond acceptors (Lipinski definition) is 8. The van der Waals surface area contributed by atoms with Crippen LogP contribution in [-0.4, -0.2) is 49.0 Å². The molecule has 0 amide bonds. The van der Waals surface area contributed by atoms with Crippen molar-refractivity contribution < 1.29 is 18.9 Å². The molecule has 2 aromatic carbocycles. The first kappa shape index (κ1) is 21.2. The molecule has 0 saturated carbocycles. The van der Waals surface area contributed by atoms with E-state index in [1.807, 2.05) is 31.2 Å². The SMILES string of the molecule is CCOc1ccc(-c2n[nH]c(=S)n2N/N=C/c2cc(OC)c(OC)cc2OC)cc1. The second-order valence-electron chi connectivity index (χ2n) is 5.95. The third-order valence-corrected chi connectivity index (χ3v) is 4.47. The highest BCUT2D eigenvalue weighted by Crippen LogP contribution is 2.33. The first-order valence-electron chi connectivity index (χ1n) is 9.11. The van der Waals surface area contributed by atoms with E-state index in [0.29, 0.717) is 40.0 Å². The average molecular weight is 430 g/mol. The lowest BCUT2D eigenvalue weighted by atomic mass is 10.2. The summed E-state index contributed by atoms with van der Waals surface area (Å²) >= 11 is 5.31. The number of aromatic amines is 1. The Morgan fingerprint density at radius 2 is 1.73 bits per heavy atom. The van der Waals surface area contributed by atoms with E-state index in [9.17, 15) is 0 Å². The lowest BCUT2D eigenvalue weighted by molar-refractivity contribution is 0.340. The zero-order chi connectivity index (χ0) is 21.5. The number of ether oxygens (including phenoxy) is 4. The Kier molecular flexibility index (Phi) is 6.91. The van der Waals surface area contributed by atoms with Crippen LogP contribution in [0.25, 0.3) is 11.4 Å². The molecule has 0 aliphatic heterocycles. The summed E-state index contributed by atoms with van der Waals surface area (Å²) in [4.78, 5) is 0. The van der Waals surface area contributed by atoms with Gasteiger partial charge in [0.1, 0.15) is 11.5 Å². The minimum absolute atomic E-state index is 0.371. The maximum Gasteiger partial charge on any atom is 0.216 e. The summed E-state index contributed by atoms with van der Waals surface area (Å²) in [5.74, 6) is 3.08. The number of methoxy groups -OCH3 is 3. The Hall–Kier alpha value is -3.53. The molecule has 0 aliphatic carbocycles.